The van der Waals surface area contributed by atoms with Crippen LogP contribution < -0.4 is 5.32 Å². The summed E-state index contributed by atoms with van der Waals surface area (Å²) in [6.07, 6.45) is -7.82. The number of benzene rings is 1. The lowest BCUT2D eigenvalue weighted by Crippen LogP contribution is -2.72. The number of hydrogen-bond acceptors (Lipinski definition) is 1. The smallest absolute Gasteiger partial charge is 0.350 e. The molecule has 1 rings (SSSR count). The monoisotopic (exact) mass is 467 g/mol. The van der Waals surface area contributed by atoms with Gasteiger partial charge in [0.15, 0.2) is 0 Å². The van der Waals surface area contributed by atoms with E-state index in [1.165, 1.54) is 30.3 Å². The Kier molecular flexibility index (Phi) is 6.71. The Morgan fingerprint density at radius 1 is 0.667 bits per heavy atom. The van der Waals surface area contributed by atoms with E-state index in [1.54, 1.807) is 0 Å². The third-order valence-electron chi connectivity index (χ3n) is 3.76. The molecule has 1 aromatic carbocycles. The lowest BCUT2D eigenvalue weighted by atomic mass is 9.93. The molecule has 2 nitrogen and oxygen atoms in total. The lowest BCUT2D eigenvalue weighted by Gasteiger charge is -2.39. The average Bonchev–Trinajstić information content (AvgIpc) is 2.60. The van der Waals surface area contributed by atoms with Crippen LogP contribution in [0.3, 0.4) is 0 Å². The normalized spacial score (nSPS) is 14.6. The van der Waals surface area contributed by atoms with Gasteiger partial charge in [-0.25, -0.2) is 0 Å². The number of alkyl halides is 13. The molecule has 0 aliphatic carbocycles. The number of amides is 1. The first-order chi connectivity index (χ1) is 13.2. The van der Waals surface area contributed by atoms with Gasteiger partial charge in [0.25, 0.3) is 5.91 Å². The van der Waals surface area contributed by atoms with Crippen LogP contribution in [0.1, 0.15) is 5.56 Å². The topological polar surface area (TPSA) is 29.1 Å². The molecule has 0 atom stereocenters. The zero-order valence-electron chi connectivity index (χ0n) is 14.1. The van der Waals surface area contributed by atoms with Crippen LogP contribution >= 0.6 is 0 Å². The van der Waals surface area contributed by atoms with Gasteiger partial charge in [0.05, 0.1) is 0 Å². The Bertz CT molecular complexity index is 743. The molecule has 1 N–H and O–H groups in total. The van der Waals surface area contributed by atoms with E-state index in [1.807, 2.05) is 0 Å². The van der Waals surface area contributed by atoms with Gasteiger partial charge in [0.2, 0.25) is 0 Å². The number of carbonyl (C=O) groups excluding carboxylic acids is 1. The van der Waals surface area contributed by atoms with Gasteiger partial charge >= 0.3 is 35.8 Å². The first-order valence-corrected chi connectivity index (χ1v) is 7.53. The van der Waals surface area contributed by atoms with Crippen molar-refractivity contribution in [2.45, 2.75) is 42.2 Å². The van der Waals surface area contributed by atoms with Crippen molar-refractivity contribution >= 4 is 5.91 Å². The molecule has 0 aliphatic heterocycles. The minimum absolute atomic E-state index is 0.326. The maximum atomic E-state index is 13.5. The van der Waals surface area contributed by atoms with Crippen molar-refractivity contribution in [1.29, 1.82) is 0 Å². The fraction of sp³-hybridized carbons (Fsp3) is 0.533. The fourth-order valence-corrected chi connectivity index (χ4v) is 1.99. The van der Waals surface area contributed by atoms with Crippen molar-refractivity contribution in [3.63, 3.8) is 0 Å². The zero-order valence-corrected chi connectivity index (χ0v) is 14.1. The van der Waals surface area contributed by atoms with E-state index in [2.05, 4.69) is 0 Å². The molecule has 0 spiro atoms. The summed E-state index contributed by atoms with van der Waals surface area (Å²) in [5.74, 6) is -41.5. The van der Waals surface area contributed by atoms with Gasteiger partial charge in [0.1, 0.15) is 0 Å². The van der Waals surface area contributed by atoms with Crippen molar-refractivity contribution < 1.29 is 61.9 Å². The molecule has 1 aromatic rings. The Morgan fingerprint density at radius 2 is 1.10 bits per heavy atom. The van der Waals surface area contributed by atoms with Crippen LogP contribution in [0.5, 0.6) is 0 Å². The van der Waals surface area contributed by atoms with Gasteiger partial charge in [-0.15, -0.1) is 0 Å². The maximum absolute atomic E-state index is 13.5. The van der Waals surface area contributed by atoms with Gasteiger partial charge in [0, 0.05) is 6.54 Å². The molecular formula is C15H10F13NO. The number of nitrogens with one attached hydrogen (secondary N) is 1. The van der Waals surface area contributed by atoms with Gasteiger partial charge in [-0.05, 0) is 12.0 Å². The Morgan fingerprint density at radius 3 is 1.53 bits per heavy atom. The van der Waals surface area contributed by atoms with Crippen LogP contribution in [0.2, 0.25) is 0 Å². The molecule has 0 aromatic heterocycles. The summed E-state index contributed by atoms with van der Waals surface area (Å²) in [6, 6.07) is 7.11. The van der Waals surface area contributed by atoms with Crippen LogP contribution in [0, 0.1) is 0 Å². The van der Waals surface area contributed by atoms with Crippen LogP contribution in [-0.2, 0) is 11.2 Å². The molecule has 0 radical (unpaired) electrons. The van der Waals surface area contributed by atoms with Gasteiger partial charge in [-0.2, -0.15) is 57.1 Å². The molecule has 0 unspecified atom stereocenters. The molecule has 172 valence electrons. The second-order valence-corrected chi connectivity index (χ2v) is 5.86. The number of rotatable bonds is 8. The van der Waals surface area contributed by atoms with E-state index >= 15 is 0 Å². The predicted molar refractivity (Wildman–Crippen MR) is 73.9 cm³/mol. The molecule has 0 saturated heterocycles. The molecule has 0 saturated carbocycles. The number of carbonyl (C=O) groups is 1. The fourth-order valence-electron chi connectivity index (χ4n) is 1.99. The van der Waals surface area contributed by atoms with E-state index < -0.39 is 48.2 Å². The third kappa shape index (κ3) is 4.02. The molecule has 30 heavy (non-hydrogen) atoms. The van der Waals surface area contributed by atoms with Crippen molar-refractivity contribution in [2.24, 2.45) is 0 Å². The predicted octanol–water partition coefficient (Wildman–Crippen LogP) is 5.08. The lowest BCUT2D eigenvalue weighted by molar-refractivity contribution is -0.436. The second kappa shape index (κ2) is 7.80. The van der Waals surface area contributed by atoms with Gasteiger partial charge in [-0.1, -0.05) is 30.3 Å². The standard InChI is InChI=1S/C15H10F13NO/c16-10(17,9(30)29-7-6-8-4-2-1-3-5-8)11(18,19)12(20,21)13(22,23)14(24,25)15(26,27)28/h1-5H,6-7H2,(H,29,30). The van der Waals surface area contributed by atoms with Crippen LogP contribution in [0.25, 0.3) is 0 Å². The van der Waals surface area contributed by atoms with E-state index in [0.29, 0.717) is 5.56 Å². The maximum Gasteiger partial charge on any atom is 0.460 e. The van der Waals surface area contributed by atoms with Crippen LogP contribution in [0.4, 0.5) is 57.1 Å². The van der Waals surface area contributed by atoms with E-state index in [9.17, 15) is 61.9 Å². The highest BCUT2D eigenvalue weighted by Gasteiger charge is 2.91. The van der Waals surface area contributed by atoms with E-state index in [4.69, 9.17) is 0 Å². The van der Waals surface area contributed by atoms with Gasteiger partial charge < -0.3 is 5.32 Å². The molecule has 0 aliphatic rings. The van der Waals surface area contributed by atoms with Crippen molar-refractivity contribution in [1.82, 2.24) is 5.32 Å². The molecule has 0 bridgehead atoms. The summed E-state index contributed by atoms with van der Waals surface area (Å²) >= 11 is 0. The molecule has 15 heteroatoms. The molecule has 1 amide bonds. The Labute approximate surface area is 159 Å². The molecule has 0 heterocycles. The summed E-state index contributed by atoms with van der Waals surface area (Å²) in [5, 5.41) is 1.01. The average molecular weight is 467 g/mol. The van der Waals surface area contributed by atoms with Crippen molar-refractivity contribution in [3.8, 4) is 0 Å². The first kappa shape index (κ1) is 25.8. The van der Waals surface area contributed by atoms with E-state index in [0.717, 1.165) is 5.32 Å². The summed E-state index contributed by atoms with van der Waals surface area (Å²) in [4.78, 5) is 11.2. The molecule has 0 fully saturated rings. The highest BCUT2D eigenvalue weighted by atomic mass is 19.4. The Hall–Kier alpha value is -2.22. The van der Waals surface area contributed by atoms with Crippen molar-refractivity contribution in [2.75, 3.05) is 6.54 Å². The largest absolute Gasteiger partial charge is 0.460 e. The highest BCUT2D eigenvalue weighted by molar-refractivity contribution is 5.84. The summed E-state index contributed by atoms with van der Waals surface area (Å²) in [5.41, 5.74) is 0.328. The van der Waals surface area contributed by atoms with Crippen LogP contribution in [0.15, 0.2) is 30.3 Å². The second-order valence-electron chi connectivity index (χ2n) is 5.86. The number of hydrogen-bond donors (Lipinski definition) is 1. The first-order valence-electron chi connectivity index (χ1n) is 7.53. The quantitative estimate of drug-likeness (QED) is 0.531. The highest BCUT2D eigenvalue weighted by Crippen LogP contribution is 2.60. The molecular weight excluding hydrogens is 457 g/mol. The SMILES string of the molecule is O=C(NCCc1ccccc1)C(F)(F)C(F)(F)C(F)(F)C(F)(F)C(F)(F)C(F)(F)F. The van der Waals surface area contributed by atoms with Crippen molar-refractivity contribution in [3.05, 3.63) is 35.9 Å². The van der Waals surface area contributed by atoms with Gasteiger partial charge in [-0.3, -0.25) is 4.79 Å². The summed E-state index contributed by atoms with van der Waals surface area (Å²) < 4.78 is 168. The van der Waals surface area contributed by atoms with E-state index in [-0.39, 0.29) is 6.42 Å². The number of halogens is 13. The summed E-state index contributed by atoms with van der Waals surface area (Å²) in [6.45, 7) is -0.908. The minimum atomic E-state index is -8.03. The Balaban J connectivity index is 3.14. The summed E-state index contributed by atoms with van der Waals surface area (Å²) in [7, 11) is 0. The third-order valence-corrected chi connectivity index (χ3v) is 3.76. The zero-order chi connectivity index (χ0) is 23.8. The van der Waals surface area contributed by atoms with Crippen LogP contribution in [-0.4, -0.2) is 48.2 Å². The minimum Gasteiger partial charge on any atom is -0.350 e.